The molecule has 0 aliphatic heterocycles. The summed E-state index contributed by atoms with van der Waals surface area (Å²) in [6, 6.07) is 3.66. The van der Waals surface area contributed by atoms with Crippen LogP contribution in [-0.4, -0.2) is 45.7 Å². The van der Waals surface area contributed by atoms with Gasteiger partial charge in [0.1, 0.15) is 0 Å². The fraction of sp³-hybridized carbons (Fsp3) is 0.562. The molecular formula is C16H24N4O3S. The SMILES string of the molecule is CCn1c(SCC(=O)NCCCOC(C)C)nnc1-c1ccco1. The van der Waals surface area contributed by atoms with Crippen LogP contribution in [0, 0.1) is 0 Å². The van der Waals surface area contributed by atoms with Gasteiger partial charge in [0.25, 0.3) is 0 Å². The lowest BCUT2D eigenvalue weighted by Crippen LogP contribution is -2.27. The predicted molar refractivity (Wildman–Crippen MR) is 92.8 cm³/mol. The molecule has 0 radical (unpaired) electrons. The molecule has 7 nitrogen and oxygen atoms in total. The Kier molecular flexibility index (Phi) is 7.33. The van der Waals surface area contributed by atoms with Gasteiger partial charge in [-0.15, -0.1) is 10.2 Å². The van der Waals surface area contributed by atoms with E-state index in [4.69, 9.17) is 9.15 Å². The normalized spacial score (nSPS) is 11.2. The van der Waals surface area contributed by atoms with Gasteiger partial charge in [0.15, 0.2) is 16.7 Å². The van der Waals surface area contributed by atoms with Crippen LogP contribution in [0.3, 0.4) is 0 Å². The first-order chi connectivity index (χ1) is 11.6. The molecule has 0 atom stereocenters. The molecule has 24 heavy (non-hydrogen) atoms. The van der Waals surface area contributed by atoms with E-state index in [1.807, 2.05) is 37.5 Å². The summed E-state index contributed by atoms with van der Waals surface area (Å²) in [5.41, 5.74) is 0. The van der Waals surface area contributed by atoms with Crippen molar-refractivity contribution >= 4 is 17.7 Å². The Morgan fingerprint density at radius 1 is 1.46 bits per heavy atom. The minimum atomic E-state index is -0.0188. The molecule has 1 N–H and O–H groups in total. The first-order valence-corrected chi connectivity index (χ1v) is 9.08. The predicted octanol–water partition coefficient (Wildman–Crippen LogP) is 2.58. The summed E-state index contributed by atoms with van der Waals surface area (Å²) in [4.78, 5) is 11.9. The summed E-state index contributed by atoms with van der Waals surface area (Å²) < 4.78 is 12.7. The smallest absolute Gasteiger partial charge is 0.230 e. The highest BCUT2D eigenvalue weighted by Crippen LogP contribution is 2.23. The molecule has 0 aliphatic rings. The zero-order valence-electron chi connectivity index (χ0n) is 14.3. The minimum absolute atomic E-state index is 0.0188. The van der Waals surface area contributed by atoms with Crippen LogP contribution in [0.1, 0.15) is 27.2 Å². The van der Waals surface area contributed by atoms with Crippen molar-refractivity contribution in [1.82, 2.24) is 20.1 Å². The van der Waals surface area contributed by atoms with Crippen LogP contribution < -0.4 is 5.32 Å². The molecule has 0 fully saturated rings. The number of rotatable bonds is 10. The first-order valence-electron chi connectivity index (χ1n) is 8.10. The van der Waals surface area contributed by atoms with Crippen LogP contribution >= 0.6 is 11.8 Å². The van der Waals surface area contributed by atoms with Crippen molar-refractivity contribution in [3.8, 4) is 11.6 Å². The van der Waals surface area contributed by atoms with Crippen LogP contribution in [-0.2, 0) is 16.1 Å². The number of carbonyl (C=O) groups excluding carboxylic acids is 1. The Morgan fingerprint density at radius 2 is 2.29 bits per heavy atom. The minimum Gasteiger partial charge on any atom is -0.461 e. The highest BCUT2D eigenvalue weighted by molar-refractivity contribution is 7.99. The van der Waals surface area contributed by atoms with Crippen LogP contribution in [0.5, 0.6) is 0 Å². The zero-order chi connectivity index (χ0) is 17.4. The van der Waals surface area contributed by atoms with E-state index in [9.17, 15) is 4.79 Å². The van der Waals surface area contributed by atoms with Gasteiger partial charge >= 0.3 is 0 Å². The Labute approximate surface area is 146 Å². The second kappa shape index (κ2) is 9.48. The number of ether oxygens (including phenoxy) is 1. The monoisotopic (exact) mass is 352 g/mol. The molecule has 0 bridgehead atoms. The summed E-state index contributed by atoms with van der Waals surface area (Å²) >= 11 is 1.37. The average molecular weight is 352 g/mol. The largest absolute Gasteiger partial charge is 0.461 e. The molecule has 0 spiro atoms. The summed E-state index contributed by atoms with van der Waals surface area (Å²) in [7, 11) is 0. The molecule has 2 rings (SSSR count). The van der Waals surface area contributed by atoms with Gasteiger partial charge in [0, 0.05) is 19.7 Å². The fourth-order valence-corrected chi connectivity index (χ4v) is 2.90. The molecular weight excluding hydrogens is 328 g/mol. The second-order valence-corrected chi connectivity index (χ2v) is 6.38. The lowest BCUT2D eigenvalue weighted by Gasteiger charge is -2.08. The Hall–Kier alpha value is -1.80. The number of hydrogen-bond donors (Lipinski definition) is 1. The third-order valence-electron chi connectivity index (χ3n) is 3.20. The Morgan fingerprint density at radius 3 is 2.96 bits per heavy atom. The number of thioether (sulfide) groups is 1. The molecule has 0 saturated heterocycles. The lowest BCUT2D eigenvalue weighted by atomic mass is 10.4. The Balaban J connectivity index is 1.79. The average Bonchev–Trinajstić information content (AvgIpc) is 3.20. The van der Waals surface area contributed by atoms with Gasteiger partial charge in [-0.3, -0.25) is 9.36 Å². The first kappa shape index (κ1) is 18.5. The van der Waals surface area contributed by atoms with Crippen LogP contribution in [0.4, 0.5) is 0 Å². The van der Waals surface area contributed by atoms with Crippen molar-refractivity contribution in [2.45, 2.75) is 45.0 Å². The number of carbonyl (C=O) groups is 1. The van der Waals surface area contributed by atoms with Crippen molar-refractivity contribution in [1.29, 1.82) is 0 Å². The number of nitrogens with one attached hydrogen (secondary N) is 1. The van der Waals surface area contributed by atoms with E-state index in [0.717, 1.165) is 6.42 Å². The summed E-state index contributed by atoms with van der Waals surface area (Å²) in [5, 5.41) is 11.9. The number of nitrogens with zero attached hydrogens (tertiary/aromatic N) is 3. The van der Waals surface area contributed by atoms with Crippen molar-refractivity contribution in [3.05, 3.63) is 18.4 Å². The van der Waals surface area contributed by atoms with Crippen LogP contribution in [0.15, 0.2) is 28.0 Å². The van der Waals surface area contributed by atoms with Crippen molar-refractivity contribution in [2.75, 3.05) is 18.9 Å². The van der Waals surface area contributed by atoms with E-state index < -0.39 is 0 Å². The molecule has 0 aliphatic carbocycles. The number of furan rings is 1. The number of aromatic nitrogens is 3. The molecule has 0 unspecified atom stereocenters. The molecule has 8 heteroatoms. The highest BCUT2D eigenvalue weighted by Gasteiger charge is 2.16. The summed E-state index contributed by atoms with van der Waals surface area (Å²) in [6.45, 7) is 7.98. The summed E-state index contributed by atoms with van der Waals surface area (Å²) in [6.07, 6.45) is 2.63. The highest BCUT2D eigenvalue weighted by atomic mass is 32.2. The third-order valence-corrected chi connectivity index (χ3v) is 4.17. The zero-order valence-corrected chi connectivity index (χ0v) is 15.1. The topological polar surface area (TPSA) is 82.2 Å². The van der Waals surface area contributed by atoms with Crippen molar-refractivity contribution in [3.63, 3.8) is 0 Å². The van der Waals surface area contributed by atoms with Gasteiger partial charge in [0.05, 0.1) is 18.1 Å². The third kappa shape index (κ3) is 5.38. The van der Waals surface area contributed by atoms with E-state index in [-0.39, 0.29) is 12.0 Å². The van der Waals surface area contributed by atoms with Crippen LogP contribution in [0.25, 0.3) is 11.6 Å². The second-order valence-electron chi connectivity index (χ2n) is 5.44. The standard InChI is InChI=1S/C16H24N4O3S/c1-4-20-15(13-7-5-9-23-13)18-19-16(20)24-11-14(21)17-8-6-10-22-12(2)3/h5,7,9,12H,4,6,8,10-11H2,1-3H3,(H,17,21). The molecule has 2 aromatic rings. The summed E-state index contributed by atoms with van der Waals surface area (Å²) in [5.74, 6) is 1.64. The maximum Gasteiger partial charge on any atom is 0.230 e. The molecule has 2 heterocycles. The molecule has 2 aromatic heterocycles. The van der Waals surface area contributed by atoms with Crippen molar-refractivity contribution in [2.24, 2.45) is 0 Å². The van der Waals surface area contributed by atoms with Gasteiger partial charge in [0.2, 0.25) is 5.91 Å². The number of amides is 1. The van der Waals surface area contributed by atoms with Gasteiger partial charge in [-0.2, -0.15) is 0 Å². The lowest BCUT2D eigenvalue weighted by molar-refractivity contribution is -0.118. The van der Waals surface area contributed by atoms with E-state index in [0.29, 0.717) is 42.2 Å². The van der Waals surface area contributed by atoms with Gasteiger partial charge in [-0.25, -0.2) is 0 Å². The maximum absolute atomic E-state index is 11.9. The van der Waals surface area contributed by atoms with Gasteiger partial charge in [-0.1, -0.05) is 11.8 Å². The van der Waals surface area contributed by atoms with Gasteiger partial charge < -0.3 is 14.5 Å². The van der Waals surface area contributed by atoms with E-state index in [1.54, 1.807) is 6.26 Å². The quantitative estimate of drug-likeness (QED) is 0.523. The van der Waals surface area contributed by atoms with E-state index >= 15 is 0 Å². The van der Waals surface area contributed by atoms with E-state index in [1.165, 1.54) is 11.8 Å². The van der Waals surface area contributed by atoms with Gasteiger partial charge in [-0.05, 0) is 39.3 Å². The van der Waals surface area contributed by atoms with E-state index in [2.05, 4.69) is 15.5 Å². The maximum atomic E-state index is 11.9. The number of hydrogen-bond acceptors (Lipinski definition) is 6. The van der Waals surface area contributed by atoms with Crippen LogP contribution in [0.2, 0.25) is 0 Å². The molecule has 1 amide bonds. The molecule has 132 valence electrons. The molecule has 0 aromatic carbocycles. The fourth-order valence-electron chi connectivity index (χ4n) is 2.07. The molecule has 0 saturated carbocycles. The van der Waals surface area contributed by atoms with Crippen molar-refractivity contribution < 1.29 is 13.9 Å². The Bertz CT molecular complexity index is 625.